The van der Waals surface area contributed by atoms with E-state index in [2.05, 4.69) is 52.1 Å². The minimum Gasteiger partial charge on any atom is -0.337 e. The van der Waals surface area contributed by atoms with Gasteiger partial charge in [-0.05, 0) is 43.4 Å². The van der Waals surface area contributed by atoms with Gasteiger partial charge in [0.25, 0.3) is 0 Å². The number of nitrogens with one attached hydrogen (secondary N) is 1. The molecule has 0 radical (unpaired) electrons. The van der Waals surface area contributed by atoms with Crippen LogP contribution >= 0.6 is 28.3 Å². The van der Waals surface area contributed by atoms with Crippen molar-refractivity contribution in [2.24, 2.45) is 4.99 Å². The Hall–Kier alpha value is -1.86. The number of H-pyrrole nitrogens is 1. The normalized spacial score (nSPS) is 20.8. The van der Waals surface area contributed by atoms with Crippen molar-refractivity contribution in [1.29, 1.82) is 0 Å². The highest BCUT2D eigenvalue weighted by atomic mass is 79.9. The number of amides is 2. The summed E-state index contributed by atoms with van der Waals surface area (Å²) in [6.45, 7) is 3.41. The topological polar surface area (TPSA) is 64.6 Å². The third-order valence-corrected chi connectivity index (χ3v) is 6.70. The molecule has 0 bridgehead atoms. The van der Waals surface area contributed by atoms with Crippen LogP contribution in [-0.4, -0.2) is 45.9 Å². The maximum absolute atomic E-state index is 13.2. The van der Waals surface area contributed by atoms with Crippen molar-refractivity contribution in [3.8, 4) is 0 Å². The highest BCUT2D eigenvalue weighted by Crippen LogP contribution is 2.37. The van der Waals surface area contributed by atoms with Crippen molar-refractivity contribution < 1.29 is 4.79 Å². The molecule has 1 aromatic carbocycles. The van der Waals surface area contributed by atoms with Gasteiger partial charge in [0.15, 0.2) is 11.7 Å². The Balaban J connectivity index is 0.00000218. The van der Waals surface area contributed by atoms with E-state index in [0.29, 0.717) is 19.0 Å². The summed E-state index contributed by atoms with van der Waals surface area (Å²) in [7, 11) is 0. The van der Waals surface area contributed by atoms with E-state index in [4.69, 9.17) is 9.98 Å². The number of aromatic nitrogens is 2. The molecule has 8 heteroatoms. The van der Waals surface area contributed by atoms with Gasteiger partial charge in [0.1, 0.15) is 11.5 Å². The lowest BCUT2D eigenvalue weighted by Gasteiger charge is -2.32. The third kappa shape index (κ3) is 3.78. The van der Waals surface area contributed by atoms with Crippen LogP contribution in [0, 0.1) is 0 Å². The van der Waals surface area contributed by atoms with Crippen molar-refractivity contribution in [3.05, 3.63) is 45.8 Å². The van der Waals surface area contributed by atoms with Gasteiger partial charge in [-0.25, -0.2) is 9.78 Å². The summed E-state index contributed by atoms with van der Waals surface area (Å²) in [5, 5.41) is 0. The third-order valence-electron chi connectivity index (χ3n) is 6.17. The fourth-order valence-corrected chi connectivity index (χ4v) is 5.00. The van der Waals surface area contributed by atoms with Gasteiger partial charge in [-0.3, -0.25) is 14.8 Å². The summed E-state index contributed by atoms with van der Waals surface area (Å²) < 4.78 is 1.07. The van der Waals surface area contributed by atoms with Gasteiger partial charge in [-0.1, -0.05) is 47.8 Å². The van der Waals surface area contributed by atoms with E-state index in [9.17, 15) is 4.79 Å². The molecule has 0 saturated heterocycles. The molecule has 3 heterocycles. The molecule has 2 amide bonds. The fraction of sp³-hybridized carbons (Fsp3) is 0.500. The van der Waals surface area contributed by atoms with Crippen molar-refractivity contribution in [1.82, 2.24) is 14.9 Å². The van der Waals surface area contributed by atoms with Crippen molar-refractivity contribution in [3.63, 3.8) is 0 Å². The summed E-state index contributed by atoms with van der Waals surface area (Å²) in [4.78, 5) is 30.4. The van der Waals surface area contributed by atoms with E-state index >= 15 is 0 Å². The van der Waals surface area contributed by atoms with Crippen molar-refractivity contribution in [2.45, 2.75) is 57.4 Å². The average Bonchev–Trinajstić information content (AvgIpc) is 3.45. The number of hydrogen-bond acceptors (Lipinski definition) is 3. The second-order valence-electron chi connectivity index (χ2n) is 8.28. The lowest BCUT2D eigenvalue weighted by atomic mass is 10.1. The molecule has 6 nitrogen and oxygen atoms in total. The predicted octanol–water partition coefficient (Wildman–Crippen LogP) is 5.28. The van der Waals surface area contributed by atoms with E-state index < -0.39 is 0 Å². The first-order valence-corrected chi connectivity index (χ1v) is 11.4. The van der Waals surface area contributed by atoms with Crippen LogP contribution in [-0.2, 0) is 6.42 Å². The molecule has 0 spiro atoms. The van der Waals surface area contributed by atoms with E-state index in [1.807, 2.05) is 9.80 Å². The highest BCUT2D eigenvalue weighted by Gasteiger charge is 2.42. The minimum atomic E-state index is 0. The molecule has 5 rings (SSSR count). The number of imidazole rings is 1. The average molecular weight is 493 g/mol. The number of urea groups is 1. The van der Waals surface area contributed by atoms with Crippen LogP contribution in [0.1, 0.15) is 62.0 Å². The Labute approximate surface area is 191 Å². The number of nitrogens with zero attached hydrogens (tertiary/aromatic N) is 4. The number of anilines is 1. The molecule has 1 saturated carbocycles. The zero-order valence-electron chi connectivity index (χ0n) is 17.1. The molecule has 3 aliphatic rings. The molecular formula is C22H27BrClN5O. The number of halogens is 2. The Morgan fingerprint density at radius 1 is 1.20 bits per heavy atom. The first-order chi connectivity index (χ1) is 14.1. The Morgan fingerprint density at radius 3 is 2.63 bits per heavy atom. The molecule has 2 aromatic rings. The first-order valence-electron chi connectivity index (χ1n) is 10.7. The number of carbonyl (C=O) groups excluding carboxylic acids is 1. The summed E-state index contributed by atoms with van der Waals surface area (Å²) in [6.07, 6.45) is 6.60. The monoisotopic (exact) mass is 491 g/mol. The quantitative estimate of drug-likeness (QED) is 0.617. The second-order valence-corrected chi connectivity index (χ2v) is 9.20. The largest absolute Gasteiger partial charge is 0.337 e. The number of aromatic amines is 1. The summed E-state index contributed by atoms with van der Waals surface area (Å²) in [5.41, 5.74) is 2.16. The molecule has 1 N–H and O–H groups in total. The smallest absolute Gasteiger partial charge is 0.331 e. The minimum absolute atomic E-state index is 0. The Kier molecular flexibility index (Phi) is 6.21. The molecule has 1 unspecified atom stereocenters. The van der Waals surface area contributed by atoms with Crippen LogP contribution in [0.25, 0.3) is 0 Å². The number of benzene rings is 1. The van der Waals surface area contributed by atoms with Gasteiger partial charge in [0.05, 0.1) is 12.6 Å². The Bertz CT molecular complexity index is 951. The zero-order chi connectivity index (χ0) is 20.0. The molecule has 1 atom stereocenters. The SMILES string of the molecule is CCCN1C(=O)N2CC(Cc3ccc(Br)cc3)N=C2c2[nH]c(C3CCCC3)nc21.Cl. The standard InChI is InChI=1S/C22H26BrN5O.ClH/c1-2-11-27-21-18(25-19(26-21)15-5-3-4-6-15)20-24-17(13-28(20)22(27)29)12-14-7-9-16(23)10-8-14;/h7-10,15,17H,2-6,11-13H2,1H3,(H,25,26);1H. The van der Waals surface area contributed by atoms with Crippen LogP contribution in [0.5, 0.6) is 0 Å². The molecule has 160 valence electrons. The van der Waals surface area contributed by atoms with E-state index in [-0.39, 0.29) is 24.5 Å². The number of hydrogen-bond donors (Lipinski definition) is 1. The summed E-state index contributed by atoms with van der Waals surface area (Å²) in [6, 6.07) is 8.43. The zero-order valence-corrected chi connectivity index (χ0v) is 19.5. The molecule has 1 aromatic heterocycles. The lowest BCUT2D eigenvalue weighted by molar-refractivity contribution is 0.226. The van der Waals surface area contributed by atoms with Gasteiger partial charge in [0.2, 0.25) is 0 Å². The van der Waals surface area contributed by atoms with E-state index in [1.165, 1.54) is 31.2 Å². The lowest BCUT2D eigenvalue weighted by Crippen LogP contribution is -2.50. The number of amidine groups is 1. The van der Waals surface area contributed by atoms with Crippen molar-refractivity contribution in [2.75, 3.05) is 18.0 Å². The van der Waals surface area contributed by atoms with Crippen LogP contribution in [0.3, 0.4) is 0 Å². The number of aliphatic imine (C=N–C) groups is 1. The van der Waals surface area contributed by atoms with Crippen LogP contribution < -0.4 is 4.90 Å². The first kappa shape index (κ1) is 21.4. The molecule has 30 heavy (non-hydrogen) atoms. The van der Waals surface area contributed by atoms with Crippen LogP contribution in [0.4, 0.5) is 10.6 Å². The molecule has 2 aliphatic heterocycles. The number of rotatable bonds is 5. The van der Waals surface area contributed by atoms with Crippen LogP contribution in [0.2, 0.25) is 0 Å². The van der Waals surface area contributed by atoms with Gasteiger partial charge >= 0.3 is 6.03 Å². The fourth-order valence-electron chi connectivity index (χ4n) is 4.74. The van der Waals surface area contributed by atoms with Gasteiger partial charge < -0.3 is 4.98 Å². The maximum Gasteiger partial charge on any atom is 0.331 e. The second kappa shape index (κ2) is 8.71. The summed E-state index contributed by atoms with van der Waals surface area (Å²) >= 11 is 3.49. The molecule has 1 aliphatic carbocycles. The summed E-state index contributed by atoms with van der Waals surface area (Å²) in [5.74, 6) is 3.06. The van der Waals surface area contributed by atoms with Gasteiger partial charge in [-0.2, -0.15) is 0 Å². The molecular weight excluding hydrogens is 466 g/mol. The number of fused-ring (bicyclic) bond motifs is 3. The van der Waals surface area contributed by atoms with Crippen LogP contribution in [0.15, 0.2) is 33.7 Å². The highest BCUT2D eigenvalue weighted by molar-refractivity contribution is 9.10. The van der Waals surface area contributed by atoms with Gasteiger partial charge in [0, 0.05) is 16.9 Å². The van der Waals surface area contributed by atoms with Gasteiger partial charge in [-0.15, -0.1) is 12.4 Å². The van der Waals surface area contributed by atoms with Crippen molar-refractivity contribution >= 4 is 46.0 Å². The number of carbonyl (C=O) groups is 1. The van der Waals surface area contributed by atoms with E-state index in [1.54, 1.807) is 0 Å². The maximum atomic E-state index is 13.2. The molecule has 1 fully saturated rings. The predicted molar refractivity (Wildman–Crippen MR) is 125 cm³/mol. The van der Waals surface area contributed by atoms with E-state index in [0.717, 1.165) is 40.5 Å². The Morgan fingerprint density at radius 2 is 1.93 bits per heavy atom.